The first-order chi connectivity index (χ1) is 9.34. The van der Waals surface area contributed by atoms with Gasteiger partial charge in [0.05, 0.1) is 0 Å². The van der Waals surface area contributed by atoms with E-state index in [1.165, 1.54) is 31.5 Å². The third-order valence-electron chi connectivity index (χ3n) is 3.12. The highest BCUT2D eigenvalue weighted by atomic mass is 19.4. The van der Waals surface area contributed by atoms with Crippen molar-refractivity contribution < 1.29 is 22.4 Å². The Morgan fingerprint density at radius 2 is 2.15 bits per heavy atom. The molecule has 1 aromatic carbocycles. The maximum Gasteiger partial charge on any atom is 0.408 e. The predicted octanol–water partition coefficient (Wildman–Crippen LogP) is 3.24. The van der Waals surface area contributed by atoms with E-state index in [4.69, 9.17) is 4.42 Å². The fourth-order valence-corrected chi connectivity index (χ4v) is 1.92. The lowest BCUT2D eigenvalue weighted by molar-refractivity contribution is -0.171. The number of benzene rings is 1. The fraction of sp³-hybridized carbons (Fsp3) is 0.385. The Kier molecular flexibility index (Phi) is 3.69. The predicted molar refractivity (Wildman–Crippen MR) is 66.2 cm³/mol. The molecule has 0 aliphatic rings. The number of fused-ring (bicyclic) bond motifs is 1. The highest BCUT2D eigenvalue weighted by Gasteiger charge is 2.41. The van der Waals surface area contributed by atoms with Gasteiger partial charge in [-0.3, -0.25) is 4.79 Å². The zero-order valence-corrected chi connectivity index (χ0v) is 10.9. The van der Waals surface area contributed by atoms with Gasteiger partial charge in [-0.1, -0.05) is 0 Å². The van der Waals surface area contributed by atoms with Crippen LogP contribution in [0.4, 0.5) is 13.2 Å². The van der Waals surface area contributed by atoms with Crippen molar-refractivity contribution in [1.82, 2.24) is 9.88 Å². The Balaban J connectivity index is 2.32. The molecule has 2 aromatic rings. The second-order valence-corrected chi connectivity index (χ2v) is 4.34. The summed E-state index contributed by atoms with van der Waals surface area (Å²) in [5, 5.41) is 0. The summed E-state index contributed by atoms with van der Waals surface area (Å²) in [6.45, 7) is 2.44. The average Bonchev–Trinajstić information content (AvgIpc) is 2.85. The van der Waals surface area contributed by atoms with Crippen LogP contribution in [0.15, 0.2) is 29.0 Å². The van der Waals surface area contributed by atoms with Gasteiger partial charge in [0.25, 0.3) is 5.91 Å². The van der Waals surface area contributed by atoms with Gasteiger partial charge in [0.1, 0.15) is 11.6 Å². The van der Waals surface area contributed by atoms with Gasteiger partial charge in [0.15, 0.2) is 12.0 Å². The topological polar surface area (TPSA) is 46.3 Å². The molecule has 0 radical (unpaired) electrons. The van der Waals surface area contributed by atoms with Crippen LogP contribution in [0, 0.1) is 0 Å². The number of oxazole rings is 1. The van der Waals surface area contributed by atoms with Crippen molar-refractivity contribution in [3.63, 3.8) is 0 Å². The Morgan fingerprint density at radius 1 is 1.45 bits per heavy atom. The molecule has 0 saturated heterocycles. The number of aromatic nitrogens is 1. The van der Waals surface area contributed by atoms with Crippen molar-refractivity contribution in [2.24, 2.45) is 0 Å². The summed E-state index contributed by atoms with van der Waals surface area (Å²) >= 11 is 0. The lowest BCUT2D eigenvalue weighted by Crippen LogP contribution is -2.46. The summed E-state index contributed by atoms with van der Waals surface area (Å²) in [5.41, 5.74) is 1.06. The number of hydrogen-bond donors (Lipinski definition) is 0. The first-order valence-corrected chi connectivity index (χ1v) is 6.05. The van der Waals surface area contributed by atoms with Gasteiger partial charge in [0.2, 0.25) is 0 Å². The molecular weight excluding hydrogens is 273 g/mol. The van der Waals surface area contributed by atoms with Crippen LogP contribution in [0.2, 0.25) is 0 Å². The largest absolute Gasteiger partial charge is 0.443 e. The molecule has 1 heterocycles. The van der Waals surface area contributed by atoms with Gasteiger partial charge in [0, 0.05) is 12.1 Å². The van der Waals surface area contributed by atoms with E-state index in [-0.39, 0.29) is 12.1 Å². The van der Waals surface area contributed by atoms with E-state index in [9.17, 15) is 18.0 Å². The molecule has 0 fully saturated rings. The van der Waals surface area contributed by atoms with Crippen molar-refractivity contribution in [2.45, 2.75) is 26.1 Å². The van der Waals surface area contributed by atoms with E-state index < -0.39 is 18.1 Å². The van der Waals surface area contributed by atoms with Crippen LogP contribution in [-0.4, -0.2) is 34.6 Å². The minimum absolute atomic E-state index is 0.0338. The number of halogens is 3. The SMILES string of the molecule is CCN(C(=O)c1ccc2ncoc2c1)[C@H](C)C(F)(F)F. The fourth-order valence-electron chi connectivity index (χ4n) is 1.92. The smallest absolute Gasteiger partial charge is 0.408 e. The van der Waals surface area contributed by atoms with Crippen molar-refractivity contribution in [3.05, 3.63) is 30.2 Å². The van der Waals surface area contributed by atoms with E-state index in [1.807, 2.05) is 0 Å². The summed E-state index contributed by atoms with van der Waals surface area (Å²) < 4.78 is 43.3. The van der Waals surface area contributed by atoms with Gasteiger partial charge in [-0.2, -0.15) is 13.2 Å². The summed E-state index contributed by atoms with van der Waals surface area (Å²) in [5.74, 6) is -0.685. The molecule has 0 spiro atoms. The summed E-state index contributed by atoms with van der Waals surface area (Å²) in [6, 6.07) is 2.54. The van der Waals surface area contributed by atoms with E-state index in [1.54, 1.807) is 0 Å². The number of rotatable bonds is 3. The molecule has 1 amide bonds. The van der Waals surface area contributed by atoms with E-state index >= 15 is 0 Å². The lowest BCUT2D eigenvalue weighted by atomic mass is 10.1. The highest BCUT2D eigenvalue weighted by Crippen LogP contribution is 2.26. The van der Waals surface area contributed by atoms with E-state index in [0.29, 0.717) is 11.1 Å². The second kappa shape index (κ2) is 5.15. The van der Waals surface area contributed by atoms with Crippen molar-refractivity contribution >= 4 is 17.0 Å². The summed E-state index contributed by atoms with van der Waals surface area (Å²) in [4.78, 5) is 16.9. The van der Waals surface area contributed by atoms with Crippen molar-refractivity contribution in [1.29, 1.82) is 0 Å². The van der Waals surface area contributed by atoms with Gasteiger partial charge in [-0.05, 0) is 32.0 Å². The standard InChI is InChI=1S/C13H13F3N2O2/c1-3-18(8(2)13(14,15)16)12(19)9-4-5-10-11(6-9)20-7-17-10/h4-8H,3H2,1-2H3/t8-/m1/s1. The monoisotopic (exact) mass is 286 g/mol. The summed E-state index contributed by atoms with van der Waals surface area (Å²) in [7, 11) is 0. The molecule has 7 heteroatoms. The third kappa shape index (κ3) is 2.61. The normalized spacial score (nSPS) is 13.4. The lowest BCUT2D eigenvalue weighted by Gasteiger charge is -2.29. The minimum Gasteiger partial charge on any atom is -0.443 e. The van der Waals surface area contributed by atoms with Crippen LogP contribution in [0.3, 0.4) is 0 Å². The molecule has 0 saturated carbocycles. The van der Waals surface area contributed by atoms with E-state index in [0.717, 1.165) is 11.8 Å². The quantitative estimate of drug-likeness (QED) is 0.870. The van der Waals surface area contributed by atoms with Crippen LogP contribution < -0.4 is 0 Å². The molecule has 0 unspecified atom stereocenters. The van der Waals surface area contributed by atoms with Gasteiger partial charge < -0.3 is 9.32 Å². The zero-order valence-electron chi connectivity index (χ0n) is 10.9. The molecule has 108 valence electrons. The third-order valence-corrected chi connectivity index (χ3v) is 3.12. The van der Waals surface area contributed by atoms with Crippen LogP contribution in [0.1, 0.15) is 24.2 Å². The van der Waals surface area contributed by atoms with Crippen molar-refractivity contribution in [3.8, 4) is 0 Å². The van der Waals surface area contributed by atoms with Crippen LogP contribution in [-0.2, 0) is 0 Å². The number of nitrogens with zero attached hydrogens (tertiary/aromatic N) is 2. The van der Waals surface area contributed by atoms with Gasteiger partial charge in [-0.25, -0.2) is 4.98 Å². The van der Waals surface area contributed by atoms with Gasteiger partial charge in [-0.15, -0.1) is 0 Å². The molecule has 1 atom stereocenters. The highest BCUT2D eigenvalue weighted by molar-refractivity contribution is 5.97. The molecule has 0 aliphatic heterocycles. The zero-order chi connectivity index (χ0) is 14.9. The Labute approximate surface area is 113 Å². The maximum atomic E-state index is 12.7. The molecule has 0 N–H and O–H groups in total. The number of alkyl halides is 3. The van der Waals surface area contributed by atoms with Gasteiger partial charge >= 0.3 is 6.18 Å². The van der Waals surface area contributed by atoms with Crippen LogP contribution in [0.5, 0.6) is 0 Å². The Hall–Kier alpha value is -2.05. The average molecular weight is 286 g/mol. The first-order valence-electron chi connectivity index (χ1n) is 6.05. The molecular formula is C13H13F3N2O2. The number of amides is 1. The summed E-state index contributed by atoms with van der Waals surface area (Å²) in [6.07, 6.45) is -3.24. The van der Waals surface area contributed by atoms with Crippen LogP contribution in [0.25, 0.3) is 11.1 Å². The Bertz CT molecular complexity index is 621. The molecule has 0 aliphatic carbocycles. The number of carbonyl (C=O) groups excluding carboxylic acids is 1. The maximum absolute atomic E-state index is 12.7. The molecule has 2 rings (SSSR count). The molecule has 0 bridgehead atoms. The molecule has 20 heavy (non-hydrogen) atoms. The van der Waals surface area contributed by atoms with Crippen LogP contribution >= 0.6 is 0 Å². The number of carbonyl (C=O) groups is 1. The molecule has 1 aromatic heterocycles. The minimum atomic E-state index is -4.46. The van der Waals surface area contributed by atoms with Crippen molar-refractivity contribution in [2.75, 3.05) is 6.54 Å². The molecule has 4 nitrogen and oxygen atoms in total. The number of hydrogen-bond acceptors (Lipinski definition) is 3. The Morgan fingerprint density at radius 3 is 2.75 bits per heavy atom. The van der Waals surface area contributed by atoms with E-state index in [2.05, 4.69) is 4.98 Å². The first kappa shape index (κ1) is 14.4. The second-order valence-electron chi connectivity index (χ2n) is 4.34.